The van der Waals surface area contributed by atoms with Crippen LogP contribution in [0.5, 0.6) is 0 Å². The summed E-state index contributed by atoms with van der Waals surface area (Å²) in [6, 6.07) is 1.38. The van der Waals surface area contributed by atoms with Gasteiger partial charge < -0.3 is 10.6 Å². The average molecular weight is 308 g/mol. The summed E-state index contributed by atoms with van der Waals surface area (Å²) < 4.78 is 13.3. The van der Waals surface area contributed by atoms with Crippen molar-refractivity contribution in [2.24, 2.45) is 0 Å². The van der Waals surface area contributed by atoms with Gasteiger partial charge in [0.25, 0.3) is 5.91 Å². The molecule has 0 saturated carbocycles. The van der Waals surface area contributed by atoms with Crippen molar-refractivity contribution in [3.05, 3.63) is 41.5 Å². The lowest BCUT2D eigenvalue weighted by atomic mass is 10.1. The zero-order chi connectivity index (χ0) is 12.1. The third kappa shape index (κ3) is 5.14. The number of hydrogen-bond acceptors (Lipinski definition) is 3. The van der Waals surface area contributed by atoms with Gasteiger partial charge in [0.15, 0.2) is 5.82 Å². The molecule has 2 N–H and O–H groups in total. The van der Waals surface area contributed by atoms with E-state index in [0.717, 1.165) is 25.7 Å². The first-order valence-corrected chi connectivity index (χ1v) is 5.53. The molecular weight excluding hydrogens is 292 g/mol. The van der Waals surface area contributed by atoms with Gasteiger partial charge in [-0.05, 0) is 19.0 Å². The van der Waals surface area contributed by atoms with Crippen molar-refractivity contribution >= 4 is 30.7 Å². The minimum absolute atomic E-state index is 0. The molecule has 1 amide bonds. The lowest BCUT2D eigenvalue weighted by molar-refractivity contribution is 0.0952. The van der Waals surface area contributed by atoms with Crippen molar-refractivity contribution in [1.82, 2.24) is 15.6 Å². The number of rotatable bonds is 3. The number of nitrogens with one attached hydrogen (secondary N) is 2. The summed E-state index contributed by atoms with van der Waals surface area (Å²) in [7, 11) is 0. The molecule has 0 spiro atoms. The molecule has 2 heterocycles. The third-order valence-electron chi connectivity index (χ3n) is 2.65. The Hall–Kier alpha value is -1.17. The molecule has 0 radical (unpaired) electrons. The van der Waals surface area contributed by atoms with Crippen LogP contribution in [0.25, 0.3) is 0 Å². The van der Waals surface area contributed by atoms with E-state index < -0.39 is 11.7 Å². The SMILES string of the molecule is Cl.Cl.O=C(NCC1=CCNCC1)c1ccncc1F. The van der Waals surface area contributed by atoms with Crippen LogP contribution in [0.1, 0.15) is 16.8 Å². The Morgan fingerprint density at radius 3 is 2.89 bits per heavy atom. The number of hydrogen-bond donors (Lipinski definition) is 2. The topological polar surface area (TPSA) is 54.0 Å². The van der Waals surface area contributed by atoms with E-state index in [4.69, 9.17) is 0 Å². The van der Waals surface area contributed by atoms with Crippen molar-refractivity contribution in [2.45, 2.75) is 6.42 Å². The molecule has 0 fully saturated rings. The van der Waals surface area contributed by atoms with Crippen LogP contribution in [0.2, 0.25) is 0 Å². The van der Waals surface area contributed by atoms with E-state index in [1.54, 1.807) is 0 Å². The van der Waals surface area contributed by atoms with Gasteiger partial charge in [0.2, 0.25) is 0 Å². The Balaban J connectivity index is 0.00000162. The van der Waals surface area contributed by atoms with Crippen LogP contribution < -0.4 is 10.6 Å². The number of halogens is 3. The molecule has 2 rings (SSSR count). The molecule has 0 aliphatic carbocycles. The van der Waals surface area contributed by atoms with Gasteiger partial charge in [-0.1, -0.05) is 11.6 Å². The molecular formula is C12H16Cl2FN3O. The fraction of sp³-hybridized carbons (Fsp3) is 0.333. The Morgan fingerprint density at radius 1 is 1.47 bits per heavy atom. The first-order chi connectivity index (χ1) is 8.27. The smallest absolute Gasteiger partial charge is 0.254 e. The number of aromatic nitrogens is 1. The highest BCUT2D eigenvalue weighted by Gasteiger charge is 2.11. The summed E-state index contributed by atoms with van der Waals surface area (Å²) in [5.74, 6) is -0.992. The standard InChI is InChI=1S/C12H14FN3O.2ClH/c13-11-8-15-6-3-10(11)12(17)16-7-9-1-4-14-5-2-9;;/h1,3,6,8,14H,2,4-5,7H2,(H,16,17);2*1H. The molecule has 0 unspecified atom stereocenters. The van der Waals surface area contributed by atoms with E-state index >= 15 is 0 Å². The minimum Gasteiger partial charge on any atom is -0.348 e. The maximum atomic E-state index is 13.3. The highest BCUT2D eigenvalue weighted by atomic mass is 35.5. The summed E-state index contributed by atoms with van der Waals surface area (Å²) in [5, 5.41) is 5.89. The normalized spacial score (nSPS) is 13.6. The molecule has 106 valence electrons. The van der Waals surface area contributed by atoms with E-state index in [9.17, 15) is 9.18 Å². The second-order valence-corrected chi connectivity index (χ2v) is 3.85. The van der Waals surface area contributed by atoms with Gasteiger partial charge in [-0.2, -0.15) is 0 Å². The number of nitrogens with zero attached hydrogens (tertiary/aromatic N) is 1. The van der Waals surface area contributed by atoms with E-state index in [-0.39, 0.29) is 30.4 Å². The van der Waals surface area contributed by atoms with Gasteiger partial charge in [-0.3, -0.25) is 9.78 Å². The van der Waals surface area contributed by atoms with Crippen LogP contribution >= 0.6 is 24.8 Å². The van der Waals surface area contributed by atoms with Gasteiger partial charge in [0.1, 0.15) is 0 Å². The molecule has 0 bridgehead atoms. The Kier molecular flexibility index (Phi) is 8.30. The molecule has 0 atom stereocenters. The van der Waals surface area contributed by atoms with Gasteiger partial charge >= 0.3 is 0 Å². The Labute approximate surface area is 123 Å². The molecule has 0 saturated heterocycles. The quantitative estimate of drug-likeness (QED) is 0.836. The van der Waals surface area contributed by atoms with Gasteiger partial charge in [0, 0.05) is 19.3 Å². The number of carbonyl (C=O) groups excluding carboxylic acids is 1. The molecule has 1 aromatic rings. The number of pyridine rings is 1. The van der Waals surface area contributed by atoms with Crippen LogP contribution in [-0.2, 0) is 0 Å². The van der Waals surface area contributed by atoms with Crippen LogP contribution in [0, 0.1) is 5.82 Å². The first kappa shape index (κ1) is 17.8. The van der Waals surface area contributed by atoms with E-state index in [1.807, 2.05) is 6.08 Å². The van der Waals surface area contributed by atoms with Crippen LogP contribution in [-0.4, -0.2) is 30.5 Å². The number of amides is 1. The molecule has 19 heavy (non-hydrogen) atoms. The molecule has 4 nitrogen and oxygen atoms in total. The monoisotopic (exact) mass is 307 g/mol. The molecule has 7 heteroatoms. The zero-order valence-electron chi connectivity index (χ0n) is 10.2. The second-order valence-electron chi connectivity index (χ2n) is 3.85. The zero-order valence-corrected chi connectivity index (χ0v) is 11.8. The lowest BCUT2D eigenvalue weighted by Crippen LogP contribution is -2.30. The van der Waals surface area contributed by atoms with Crippen molar-refractivity contribution in [3.8, 4) is 0 Å². The molecule has 0 aromatic carbocycles. The maximum Gasteiger partial charge on any atom is 0.254 e. The summed E-state index contributed by atoms with van der Waals surface area (Å²) in [4.78, 5) is 15.3. The van der Waals surface area contributed by atoms with Crippen LogP contribution in [0.3, 0.4) is 0 Å². The highest BCUT2D eigenvalue weighted by Crippen LogP contribution is 2.06. The van der Waals surface area contributed by atoms with Crippen LogP contribution in [0.15, 0.2) is 30.1 Å². The summed E-state index contributed by atoms with van der Waals surface area (Å²) >= 11 is 0. The number of carbonyl (C=O) groups is 1. The fourth-order valence-corrected chi connectivity index (χ4v) is 1.68. The second kappa shape index (κ2) is 8.85. The summed E-state index contributed by atoms with van der Waals surface area (Å²) in [5.41, 5.74) is 1.21. The highest BCUT2D eigenvalue weighted by molar-refractivity contribution is 5.94. The maximum absolute atomic E-state index is 13.3. The van der Waals surface area contributed by atoms with Crippen LogP contribution in [0.4, 0.5) is 4.39 Å². The largest absolute Gasteiger partial charge is 0.348 e. The van der Waals surface area contributed by atoms with Crippen molar-refractivity contribution in [2.75, 3.05) is 19.6 Å². The van der Waals surface area contributed by atoms with Gasteiger partial charge in [-0.15, -0.1) is 24.8 Å². The predicted octanol–water partition coefficient (Wildman–Crippen LogP) is 1.71. The Morgan fingerprint density at radius 2 is 2.26 bits per heavy atom. The van der Waals surface area contributed by atoms with E-state index in [0.29, 0.717) is 6.54 Å². The summed E-state index contributed by atoms with van der Waals surface area (Å²) in [6.45, 7) is 2.22. The molecule has 1 aromatic heterocycles. The van der Waals surface area contributed by atoms with Gasteiger partial charge in [0.05, 0.1) is 11.8 Å². The van der Waals surface area contributed by atoms with E-state index in [1.165, 1.54) is 17.8 Å². The van der Waals surface area contributed by atoms with Crippen molar-refractivity contribution in [1.29, 1.82) is 0 Å². The molecule has 1 aliphatic rings. The average Bonchev–Trinajstić information content (AvgIpc) is 2.38. The van der Waals surface area contributed by atoms with Crippen molar-refractivity contribution in [3.63, 3.8) is 0 Å². The van der Waals surface area contributed by atoms with Gasteiger partial charge in [-0.25, -0.2) is 4.39 Å². The van der Waals surface area contributed by atoms with Crippen molar-refractivity contribution < 1.29 is 9.18 Å². The first-order valence-electron chi connectivity index (χ1n) is 5.53. The summed E-state index contributed by atoms with van der Waals surface area (Å²) in [6.07, 6.45) is 5.41. The molecule has 1 aliphatic heterocycles. The Bertz CT molecular complexity index is 454. The lowest BCUT2D eigenvalue weighted by Gasteiger charge is -2.14. The predicted molar refractivity (Wildman–Crippen MR) is 76.6 cm³/mol. The third-order valence-corrected chi connectivity index (χ3v) is 2.65. The fourth-order valence-electron chi connectivity index (χ4n) is 1.68. The van der Waals surface area contributed by atoms with E-state index in [2.05, 4.69) is 15.6 Å². The minimum atomic E-state index is -0.593.